The maximum absolute atomic E-state index is 12.1. The molecule has 0 radical (unpaired) electrons. The Balaban J connectivity index is 2.27. The lowest BCUT2D eigenvalue weighted by Gasteiger charge is -2.03. The van der Waals surface area contributed by atoms with Crippen molar-refractivity contribution in [2.24, 2.45) is 7.05 Å². The molecule has 0 bridgehead atoms. The standard InChI is InChI=1S/C13H14ClN3O/c1-8-4-5-15-10(6-8)12(18)7-11-13(14)9(2)16-17(11)3/h4-6H,7H2,1-3H3. The van der Waals surface area contributed by atoms with Gasteiger partial charge in [-0.3, -0.25) is 14.5 Å². The number of carbonyl (C=O) groups excluding carboxylic acids is 1. The van der Waals surface area contributed by atoms with Gasteiger partial charge in [0.2, 0.25) is 0 Å². The zero-order valence-corrected chi connectivity index (χ0v) is 11.3. The van der Waals surface area contributed by atoms with Crippen molar-refractivity contribution in [2.45, 2.75) is 20.3 Å². The fourth-order valence-electron chi connectivity index (χ4n) is 1.80. The molecule has 94 valence electrons. The largest absolute Gasteiger partial charge is 0.292 e. The van der Waals surface area contributed by atoms with Crippen molar-refractivity contribution in [3.8, 4) is 0 Å². The lowest BCUT2D eigenvalue weighted by Crippen LogP contribution is -2.10. The molecule has 4 nitrogen and oxygen atoms in total. The molecule has 0 aromatic carbocycles. The predicted octanol–water partition coefficient (Wildman–Crippen LogP) is 2.51. The number of aryl methyl sites for hydroxylation is 3. The van der Waals surface area contributed by atoms with E-state index in [0.717, 1.165) is 17.0 Å². The van der Waals surface area contributed by atoms with E-state index in [0.29, 0.717) is 10.7 Å². The van der Waals surface area contributed by atoms with Crippen LogP contribution in [-0.2, 0) is 13.5 Å². The van der Waals surface area contributed by atoms with Crippen LogP contribution in [0.25, 0.3) is 0 Å². The van der Waals surface area contributed by atoms with E-state index in [1.165, 1.54) is 0 Å². The Morgan fingerprint density at radius 2 is 2.17 bits per heavy atom. The summed E-state index contributed by atoms with van der Waals surface area (Å²) in [5.41, 5.74) is 2.94. The van der Waals surface area contributed by atoms with Gasteiger partial charge in [-0.25, -0.2) is 0 Å². The van der Waals surface area contributed by atoms with Gasteiger partial charge in [0.1, 0.15) is 5.69 Å². The van der Waals surface area contributed by atoms with Gasteiger partial charge < -0.3 is 0 Å². The van der Waals surface area contributed by atoms with Crippen molar-refractivity contribution in [1.82, 2.24) is 14.8 Å². The summed E-state index contributed by atoms with van der Waals surface area (Å²) in [6, 6.07) is 3.64. The summed E-state index contributed by atoms with van der Waals surface area (Å²) < 4.78 is 1.64. The number of hydrogen-bond donors (Lipinski definition) is 0. The van der Waals surface area contributed by atoms with Crippen molar-refractivity contribution >= 4 is 17.4 Å². The van der Waals surface area contributed by atoms with Crippen molar-refractivity contribution in [1.29, 1.82) is 0 Å². The Morgan fingerprint density at radius 1 is 1.44 bits per heavy atom. The molecule has 0 saturated carbocycles. The van der Waals surface area contributed by atoms with E-state index < -0.39 is 0 Å². The molecule has 2 aromatic heterocycles. The van der Waals surface area contributed by atoms with Crippen LogP contribution in [0.15, 0.2) is 18.3 Å². The lowest BCUT2D eigenvalue weighted by molar-refractivity contribution is 0.0986. The van der Waals surface area contributed by atoms with Gasteiger partial charge in [0.05, 0.1) is 22.8 Å². The molecule has 2 heterocycles. The van der Waals surface area contributed by atoms with Crippen LogP contribution < -0.4 is 0 Å². The van der Waals surface area contributed by atoms with E-state index in [-0.39, 0.29) is 12.2 Å². The fraction of sp³-hybridized carbons (Fsp3) is 0.308. The van der Waals surface area contributed by atoms with Crippen molar-refractivity contribution < 1.29 is 4.79 Å². The number of carbonyl (C=O) groups is 1. The van der Waals surface area contributed by atoms with Crippen molar-refractivity contribution in [3.63, 3.8) is 0 Å². The summed E-state index contributed by atoms with van der Waals surface area (Å²) in [6.45, 7) is 3.75. The van der Waals surface area contributed by atoms with Crippen LogP contribution in [0.4, 0.5) is 0 Å². The van der Waals surface area contributed by atoms with E-state index >= 15 is 0 Å². The molecule has 0 amide bonds. The summed E-state index contributed by atoms with van der Waals surface area (Å²) in [5, 5.41) is 4.74. The monoisotopic (exact) mass is 263 g/mol. The van der Waals surface area contributed by atoms with Crippen LogP contribution >= 0.6 is 11.6 Å². The minimum atomic E-state index is -0.0522. The van der Waals surface area contributed by atoms with Gasteiger partial charge in [0.25, 0.3) is 0 Å². The highest BCUT2D eigenvalue weighted by Gasteiger charge is 2.16. The van der Waals surface area contributed by atoms with Gasteiger partial charge in [-0.1, -0.05) is 11.6 Å². The average molecular weight is 264 g/mol. The fourth-order valence-corrected chi connectivity index (χ4v) is 2.03. The normalized spacial score (nSPS) is 10.7. The van der Waals surface area contributed by atoms with Gasteiger partial charge >= 0.3 is 0 Å². The summed E-state index contributed by atoms with van der Waals surface area (Å²) in [7, 11) is 1.78. The molecule has 0 fully saturated rings. The summed E-state index contributed by atoms with van der Waals surface area (Å²) in [4.78, 5) is 16.2. The van der Waals surface area contributed by atoms with Gasteiger partial charge in [0, 0.05) is 13.2 Å². The molecule has 0 atom stereocenters. The van der Waals surface area contributed by atoms with Crippen LogP contribution in [-0.4, -0.2) is 20.5 Å². The van der Waals surface area contributed by atoms with E-state index in [9.17, 15) is 4.79 Å². The number of pyridine rings is 1. The molecule has 0 aliphatic carbocycles. The molecule has 0 aliphatic rings. The Hall–Kier alpha value is -1.68. The van der Waals surface area contributed by atoms with Crippen LogP contribution in [0.3, 0.4) is 0 Å². The lowest BCUT2D eigenvalue weighted by atomic mass is 10.1. The third kappa shape index (κ3) is 2.43. The maximum Gasteiger partial charge on any atom is 0.187 e. The first-order chi connectivity index (χ1) is 8.49. The van der Waals surface area contributed by atoms with E-state index in [1.54, 1.807) is 24.0 Å². The molecule has 0 saturated heterocycles. The minimum absolute atomic E-state index is 0.0522. The van der Waals surface area contributed by atoms with E-state index in [4.69, 9.17) is 11.6 Å². The Bertz CT molecular complexity index is 604. The maximum atomic E-state index is 12.1. The molecule has 2 rings (SSSR count). The molecule has 0 unspecified atom stereocenters. The predicted molar refractivity (Wildman–Crippen MR) is 70.0 cm³/mol. The summed E-state index contributed by atoms with van der Waals surface area (Å²) >= 11 is 6.12. The number of hydrogen-bond acceptors (Lipinski definition) is 3. The first-order valence-corrected chi connectivity index (χ1v) is 6.00. The van der Waals surface area contributed by atoms with Crippen LogP contribution in [0.5, 0.6) is 0 Å². The second kappa shape index (κ2) is 4.90. The Morgan fingerprint density at radius 3 is 2.72 bits per heavy atom. The quantitative estimate of drug-likeness (QED) is 0.800. The highest BCUT2D eigenvalue weighted by atomic mass is 35.5. The number of ketones is 1. The van der Waals surface area contributed by atoms with E-state index in [1.807, 2.05) is 19.9 Å². The van der Waals surface area contributed by atoms with Gasteiger partial charge in [-0.2, -0.15) is 5.10 Å². The highest BCUT2D eigenvalue weighted by Crippen LogP contribution is 2.20. The molecule has 0 spiro atoms. The van der Waals surface area contributed by atoms with Crippen LogP contribution in [0.1, 0.15) is 27.4 Å². The Kier molecular flexibility index (Phi) is 3.48. The third-order valence-electron chi connectivity index (χ3n) is 2.79. The Labute approximate surface area is 111 Å². The van der Waals surface area contributed by atoms with Crippen molar-refractivity contribution in [2.75, 3.05) is 0 Å². The molecule has 0 N–H and O–H groups in total. The summed E-state index contributed by atoms with van der Waals surface area (Å²) in [5.74, 6) is -0.0522. The summed E-state index contributed by atoms with van der Waals surface area (Å²) in [6.07, 6.45) is 1.85. The first-order valence-electron chi connectivity index (χ1n) is 5.63. The molecule has 5 heteroatoms. The molecular formula is C13H14ClN3O. The van der Waals surface area contributed by atoms with Crippen molar-refractivity contribution in [3.05, 3.63) is 46.0 Å². The smallest absolute Gasteiger partial charge is 0.187 e. The number of nitrogens with zero attached hydrogens (tertiary/aromatic N) is 3. The topological polar surface area (TPSA) is 47.8 Å². The molecular weight excluding hydrogens is 250 g/mol. The van der Waals surface area contributed by atoms with Crippen LogP contribution in [0, 0.1) is 13.8 Å². The second-order valence-corrected chi connectivity index (χ2v) is 4.67. The number of Topliss-reactive ketones (excluding diaryl/α,β-unsaturated/α-hetero) is 1. The van der Waals surface area contributed by atoms with Gasteiger partial charge in [-0.15, -0.1) is 0 Å². The third-order valence-corrected chi connectivity index (χ3v) is 3.28. The number of aromatic nitrogens is 3. The second-order valence-electron chi connectivity index (χ2n) is 4.29. The number of rotatable bonds is 3. The first kappa shape index (κ1) is 12.8. The van der Waals surface area contributed by atoms with Crippen LogP contribution in [0.2, 0.25) is 5.02 Å². The minimum Gasteiger partial charge on any atom is -0.292 e. The van der Waals surface area contributed by atoms with Gasteiger partial charge in [-0.05, 0) is 31.5 Å². The zero-order chi connectivity index (χ0) is 13.3. The zero-order valence-electron chi connectivity index (χ0n) is 10.6. The molecule has 0 aliphatic heterocycles. The molecule has 18 heavy (non-hydrogen) atoms. The highest BCUT2D eigenvalue weighted by molar-refractivity contribution is 6.32. The number of halogens is 1. The SMILES string of the molecule is Cc1ccnc(C(=O)Cc2c(Cl)c(C)nn2C)c1. The van der Waals surface area contributed by atoms with E-state index in [2.05, 4.69) is 10.1 Å². The molecule has 2 aromatic rings. The average Bonchev–Trinajstić information content (AvgIpc) is 2.56. The van der Waals surface area contributed by atoms with Gasteiger partial charge in [0.15, 0.2) is 5.78 Å².